The number of aromatic hydroxyl groups is 1. The molecule has 0 spiro atoms. The molecule has 1 amide bonds. The highest BCUT2D eigenvalue weighted by atomic mass is 16.3. The first kappa shape index (κ1) is 13.1. The van der Waals surface area contributed by atoms with Crippen LogP contribution in [0.1, 0.15) is 21.5 Å². The summed E-state index contributed by atoms with van der Waals surface area (Å²) < 4.78 is 0. The van der Waals surface area contributed by atoms with Crippen molar-refractivity contribution in [2.45, 2.75) is 13.5 Å². The zero-order valence-corrected chi connectivity index (χ0v) is 10.7. The van der Waals surface area contributed by atoms with Crippen molar-refractivity contribution in [1.29, 1.82) is 0 Å². The van der Waals surface area contributed by atoms with Gasteiger partial charge >= 0.3 is 0 Å². The summed E-state index contributed by atoms with van der Waals surface area (Å²) >= 11 is 0. The van der Waals surface area contributed by atoms with Crippen molar-refractivity contribution in [3.8, 4) is 5.75 Å². The molecule has 0 fully saturated rings. The SMILES string of the molecule is Cc1ccc(O)c(NC(=O)c2cccc(CN)c2)c1. The number of carbonyl (C=O) groups excluding carboxylic acids is 1. The minimum absolute atomic E-state index is 0.0499. The van der Waals surface area contributed by atoms with E-state index in [-0.39, 0.29) is 11.7 Å². The van der Waals surface area contributed by atoms with E-state index >= 15 is 0 Å². The number of nitrogens with two attached hydrogens (primary N) is 1. The quantitative estimate of drug-likeness (QED) is 0.738. The fourth-order valence-electron chi connectivity index (χ4n) is 1.78. The van der Waals surface area contributed by atoms with Crippen molar-refractivity contribution in [3.63, 3.8) is 0 Å². The molecule has 2 aromatic rings. The molecular formula is C15H16N2O2. The fourth-order valence-corrected chi connectivity index (χ4v) is 1.78. The Kier molecular flexibility index (Phi) is 3.82. The molecule has 2 rings (SSSR count). The molecule has 0 bridgehead atoms. The van der Waals surface area contributed by atoms with Crippen LogP contribution in [-0.2, 0) is 6.54 Å². The predicted molar refractivity (Wildman–Crippen MR) is 75.1 cm³/mol. The number of phenols is 1. The van der Waals surface area contributed by atoms with E-state index in [0.29, 0.717) is 17.8 Å². The van der Waals surface area contributed by atoms with Crippen LogP contribution in [0.4, 0.5) is 5.69 Å². The Morgan fingerprint density at radius 1 is 1.26 bits per heavy atom. The van der Waals surface area contributed by atoms with Crippen molar-refractivity contribution < 1.29 is 9.90 Å². The first-order valence-corrected chi connectivity index (χ1v) is 6.00. The normalized spacial score (nSPS) is 10.2. The molecule has 0 aliphatic rings. The van der Waals surface area contributed by atoms with Gasteiger partial charge in [-0.1, -0.05) is 18.2 Å². The highest BCUT2D eigenvalue weighted by Crippen LogP contribution is 2.24. The van der Waals surface area contributed by atoms with Crippen LogP contribution in [0.15, 0.2) is 42.5 Å². The third-order valence-electron chi connectivity index (χ3n) is 2.83. The van der Waals surface area contributed by atoms with E-state index in [9.17, 15) is 9.90 Å². The predicted octanol–water partition coefficient (Wildman–Crippen LogP) is 2.41. The van der Waals surface area contributed by atoms with Crippen LogP contribution in [0.5, 0.6) is 5.75 Å². The number of carbonyl (C=O) groups is 1. The number of nitrogens with one attached hydrogen (secondary N) is 1. The molecular weight excluding hydrogens is 240 g/mol. The van der Waals surface area contributed by atoms with E-state index in [1.807, 2.05) is 13.0 Å². The molecule has 0 aliphatic heterocycles. The van der Waals surface area contributed by atoms with E-state index in [1.54, 1.807) is 36.4 Å². The Hall–Kier alpha value is -2.33. The maximum Gasteiger partial charge on any atom is 0.255 e. The zero-order valence-electron chi connectivity index (χ0n) is 10.7. The lowest BCUT2D eigenvalue weighted by Crippen LogP contribution is -2.12. The molecule has 4 heteroatoms. The van der Waals surface area contributed by atoms with Crippen LogP contribution in [0.3, 0.4) is 0 Å². The van der Waals surface area contributed by atoms with E-state index in [4.69, 9.17) is 5.73 Å². The summed E-state index contributed by atoms with van der Waals surface area (Å²) in [6, 6.07) is 12.2. The lowest BCUT2D eigenvalue weighted by Gasteiger charge is -2.09. The average molecular weight is 256 g/mol. The number of aryl methyl sites for hydroxylation is 1. The van der Waals surface area contributed by atoms with Gasteiger partial charge in [0, 0.05) is 12.1 Å². The van der Waals surface area contributed by atoms with Gasteiger partial charge in [-0.2, -0.15) is 0 Å². The summed E-state index contributed by atoms with van der Waals surface area (Å²) in [4.78, 5) is 12.1. The van der Waals surface area contributed by atoms with E-state index in [2.05, 4.69) is 5.32 Å². The monoisotopic (exact) mass is 256 g/mol. The van der Waals surface area contributed by atoms with Crippen LogP contribution < -0.4 is 11.1 Å². The summed E-state index contributed by atoms with van der Waals surface area (Å²) in [5.74, 6) is -0.217. The number of benzene rings is 2. The van der Waals surface area contributed by atoms with Crippen LogP contribution in [0.25, 0.3) is 0 Å². The first-order chi connectivity index (χ1) is 9.10. The van der Waals surface area contributed by atoms with Gasteiger partial charge in [0.15, 0.2) is 0 Å². The maximum absolute atomic E-state index is 12.1. The van der Waals surface area contributed by atoms with Gasteiger partial charge in [-0.3, -0.25) is 4.79 Å². The highest BCUT2D eigenvalue weighted by molar-refractivity contribution is 6.05. The lowest BCUT2D eigenvalue weighted by atomic mass is 10.1. The summed E-state index contributed by atoms with van der Waals surface area (Å²) in [5.41, 5.74) is 8.32. The smallest absolute Gasteiger partial charge is 0.255 e. The van der Waals surface area contributed by atoms with Gasteiger partial charge in [-0.25, -0.2) is 0 Å². The Balaban J connectivity index is 2.22. The number of anilines is 1. The van der Waals surface area contributed by atoms with Gasteiger partial charge in [-0.05, 0) is 42.3 Å². The van der Waals surface area contributed by atoms with Gasteiger partial charge in [0.25, 0.3) is 5.91 Å². The molecule has 2 aromatic carbocycles. The van der Waals surface area contributed by atoms with Crippen LogP contribution in [-0.4, -0.2) is 11.0 Å². The van der Waals surface area contributed by atoms with Crippen LogP contribution in [0.2, 0.25) is 0 Å². The molecule has 0 radical (unpaired) electrons. The number of rotatable bonds is 3. The Morgan fingerprint density at radius 2 is 2.05 bits per heavy atom. The maximum atomic E-state index is 12.1. The molecule has 0 saturated carbocycles. The van der Waals surface area contributed by atoms with Crippen LogP contribution >= 0.6 is 0 Å². The van der Waals surface area contributed by atoms with E-state index in [1.165, 1.54) is 0 Å². The summed E-state index contributed by atoms with van der Waals surface area (Å²) in [5, 5.41) is 12.4. The van der Waals surface area contributed by atoms with Crippen molar-refractivity contribution >= 4 is 11.6 Å². The van der Waals surface area contributed by atoms with Crippen molar-refractivity contribution in [2.75, 3.05) is 5.32 Å². The highest BCUT2D eigenvalue weighted by Gasteiger charge is 2.09. The Morgan fingerprint density at radius 3 is 2.79 bits per heavy atom. The molecule has 0 aromatic heterocycles. The number of phenolic OH excluding ortho intramolecular Hbond substituents is 1. The number of hydrogen-bond donors (Lipinski definition) is 3. The minimum atomic E-state index is -0.267. The third kappa shape index (κ3) is 3.11. The molecule has 0 aliphatic carbocycles. The van der Waals surface area contributed by atoms with Gasteiger partial charge in [0.2, 0.25) is 0 Å². The van der Waals surface area contributed by atoms with Gasteiger partial charge in [0.05, 0.1) is 5.69 Å². The summed E-state index contributed by atoms with van der Waals surface area (Å²) in [6.07, 6.45) is 0. The van der Waals surface area contributed by atoms with Crippen molar-refractivity contribution in [1.82, 2.24) is 0 Å². The second-order valence-corrected chi connectivity index (χ2v) is 4.38. The Bertz CT molecular complexity index is 609. The van der Waals surface area contributed by atoms with Crippen molar-refractivity contribution in [3.05, 3.63) is 59.2 Å². The average Bonchev–Trinajstić information content (AvgIpc) is 2.43. The third-order valence-corrected chi connectivity index (χ3v) is 2.83. The summed E-state index contributed by atoms with van der Waals surface area (Å²) in [6.45, 7) is 2.28. The molecule has 4 nitrogen and oxygen atoms in total. The molecule has 4 N–H and O–H groups in total. The molecule has 98 valence electrons. The molecule has 19 heavy (non-hydrogen) atoms. The number of hydrogen-bond acceptors (Lipinski definition) is 3. The molecule has 0 unspecified atom stereocenters. The van der Waals surface area contributed by atoms with Crippen molar-refractivity contribution in [2.24, 2.45) is 5.73 Å². The Labute approximate surface area is 111 Å². The van der Waals surface area contributed by atoms with E-state index in [0.717, 1.165) is 11.1 Å². The summed E-state index contributed by atoms with van der Waals surface area (Å²) in [7, 11) is 0. The largest absolute Gasteiger partial charge is 0.506 e. The van der Waals surface area contributed by atoms with Gasteiger partial charge < -0.3 is 16.2 Å². The lowest BCUT2D eigenvalue weighted by molar-refractivity contribution is 0.102. The molecule has 0 saturated heterocycles. The standard InChI is InChI=1S/C15H16N2O2/c1-10-5-6-14(18)13(7-10)17-15(19)12-4-2-3-11(8-12)9-16/h2-8,18H,9,16H2,1H3,(H,17,19). The van der Waals surface area contributed by atoms with Gasteiger partial charge in [0.1, 0.15) is 5.75 Å². The van der Waals surface area contributed by atoms with Gasteiger partial charge in [-0.15, -0.1) is 0 Å². The number of amides is 1. The topological polar surface area (TPSA) is 75.3 Å². The van der Waals surface area contributed by atoms with Crippen LogP contribution in [0, 0.1) is 6.92 Å². The molecule has 0 heterocycles. The fraction of sp³-hybridized carbons (Fsp3) is 0.133. The minimum Gasteiger partial charge on any atom is -0.506 e. The second kappa shape index (κ2) is 5.54. The first-order valence-electron chi connectivity index (χ1n) is 6.00. The second-order valence-electron chi connectivity index (χ2n) is 4.38. The van der Waals surface area contributed by atoms with E-state index < -0.39 is 0 Å². The zero-order chi connectivity index (χ0) is 13.8. The molecule has 0 atom stereocenters.